The maximum atomic E-state index is 6.22. The third kappa shape index (κ3) is 3.41. The van der Waals surface area contributed by atoms with Crippen molar-refractivity contribution in [3.05, 3.63) is 29.8 Å². The molecule has 1 aromatic rings. The molecule has 1 aliphatic rings. The lowest BCUT2D eigenvalue weighted by Gasteiger charge is -2.50. The minimum atomic E-state index is 0.135. The van der Waals surface area contributed by atoms with Crippen molar-refractivity contribution in [3.63, 3.8) is 0 Å². The van der Waals surface area contributed by atoms with Crippen LogP contribution in [0.4, 0.5) is 0 Å². The van der Waals surface area contributed by atoms with Crippen LogP contribution in [0.5, 0.6) is 5.75 Å². The number of likely N-dealkylation sites (N-methyl/N-ethyl adjacent to an activating group) is 1. The maximum absolute atomic E-state index is 6.22. The van der Waals surface area contributed by atoms with Gasteiger partial charge >= 0.3 is 0 Å². The van der Waals surface area contributed by atoms with Gasteiger partial charge in [0.2, 0.25) is 0 Å². The standard InChI is InChI=1S/C18H30N2O/c1-14-8-9-18(13-19,15(2)10-14)20(3)12-16-6-5-7-17(11-16)21-4/h5-7,11,14-15H,8-10,12-13,19H2,1-4H3. The van der Waals surface area contributed by atoms with Gasteiger partial charge in [0.1, 0.15) is 5.75 Å². The highest BCUT2D eigenvalue weighted by atomic mass is 16.5. The topological polar surface area (TPSA) is 38.5 Å². The van der Waals surface area contributed by atoms with Crippen LogP contribution in [0.2, 0.25) is 0 Å². The number of nitrogens with two attached hydrogens (primary N) is 1. The normalized spacial score (nSPS) is 29.6. The minimum absolute atomic E-state index is 0.135. The molecule has 0 aliphatic heterocycles. The third-order valence-electron chi connectivity index (χ3n) is 5.41. The van der Waals surface area contributed by atoms with E-state index in [1.807, 2.05) is 6.07 Å². The van der Waals surface area contributed by atoms with Crippen molar-refractivity contribution in [3.8, 4) is 5.75 Å². The van der Waals surface area contributed by atoms with Gasteiger partial charge in [-0.05, 0) is 55.8 Å². The zero-order valence-corrected chi connectivity index (χ0v) is 13.9. The Bertz CT molecular complexity index is 462. The Balaban J connectivity index is 2.14. The van der Waals surface area contributed by atoms with Gasteiger partial charge in [0.25, 0.3) is 0 Å². The van der Waals surface area contributed by atoms with E-state index in [-0.39, 0.29) is 5.54 Å². The third-order valence-corrected chi connectivity index (χ3v) is 5.41. The second kappa shape index (κ2) is 6.80. The number of nitrogens with zero attached hydrogens (tertiary/aromatic N) is 1. The fourth-order valence-corrected chi connectivity index (χ4v) is 3.91. The summed E-state index contributed by atoms with van der Waals surface area (Å²) in [5.41, 5.74) is 7.64. The molecule has 0 bridgehead atoms. The van der Waals surface area contributed by atoms with Gasteiger partial charge in [0.15, 0.2) is 0 Å². The molecule has 3 nitrogen and oxygen atoms in total. The predicted molar refractivity (Wildman–Crippen MR) is 88.4 cm³/mol. The Morgan fingerprint density at radius 3 is 2.76 bits per heavy atom. The molecular formula is C18H30N2O. The number of rotatable bonds is 5. The number of methoxy groups -OCH3 is 1. The Kier molecular flexibility index (Phi) is 5.28. The quantitative estimate of drug-likeness (QED) is 0.904. The highest BCUT2D eigenvalue weighted by molar-refractivity contribution is 5.28. The molecule has 0 saturated heterocycles. The van der Waals surface area contributed by atoms with Gasteiger partial charge in [-0.25, -0.2) is 0 Å². The van der Waals surface area contributed by atoms with E-state index in [2.05, 4.69) is 44.0 Å². The van der Waals surface area contributed by atoms with Gasteiger partial charge in [0, 0.05) is 18.6 Å². The van der Waals surface area contributed by atoms with E-state index in [1.54, 1.807) is 7.11 Å². The Morgan fingerprint density at radius 2 is 2.14 bits per heavy atom. The van der Waals surface area contributed by atoms with Gasteiger partial charge in [-0.1, -0.05) is 26.0 Å². The second-order valence-electron chi connectivity index (χ2n) is 6.80. The molecule has 1 aliphatic carbocycles. The van der Waals surface area contributed by atoms with Gasteiger partial charge < -0.3 is 10.5 Å². The molecule has 0 heterocycles. The van der Waals surface area contributed by atoms with E-state index in [0.29, 0.717) is 5.92 Å². The molecule has 1 fully saturated rings. The zero-order chi connectivity index (χ0) is 15.5. The van der Waals surface area contributed by atoms with Gasteiger partial charge in [-0.2, -0.15) is 0 Å². The SMILES string of the molecule is COc1cccc(CN(C)C2(CN)CCC(C)CC2C)c1. The molecule has 3 unspecified atom stereocenters. The first-order valence-corrected chi connectivity index (χ1v) is 8.06. The first-order valence-electron chi connectivity index (χ1n) is 8.06. The Hall–Kier alpha value is -1.06. The summed E-state index contributed by atoms with van der Waals surface area (Å²) in [5.74, 6) is 2.39. The summed E-state index contributed by atoms with van der Waals surface area (Å²) in [7, 11) is 3.94. The van der Waals surface area contributed by atoms with E-state index in [4.69, 9.17) is 10.5 Å². The average Bonchev–Trinajstić information content (AvgIpc) is 2.48. The van der Waals surface area contributed by atoms with Crippen molar-refractivity contribution in [1.29, 1.82) is 0 Å². The van der Waals surface area contributed by atoms with Crippen molar-refractivity contribution >= 4 is 0 Å². The van der Waals surface area contributed by atoms with Crippen LogP contribution in [-0.2, 0) is 6.54 Å². The molecule has 1 aromatic carbocycles. The monoisotopic (exact) mass is 290 g/mol. The summed E-state index contributed by atoms with van der Waals surface area (Å²) in [5, 5.41) is 0. The summed E-state index contributed by atoms with van der Waals surface area (Å²) in [6.07, 6.45) is 3.76. The molecule has 0 aromatic heterocycles. The molecule has 0 spiro atoms. The summed E-state index contributed by atoms with van der Waals surface area (Å²) in [6.45, 7) is 6.39. The van der Waals surface area contributed by atoms with Crippen LogP contribution in [0, 0.1) is 11.8 Å². The summed E-state index contributed by atoms with van der Waals surface area (Å²) in [4.78, 5) is 2.47. The maximum Gasteiger partial charge on any atom is 0.119 e. The zero-order valence-electron chi connectivity index (χ0n) is 13.9. The van der Waals surface area contributed by atoms with Gasteiger partial charge in [-0.3, -0.25) is 4.90 Å². The summed E-state index contributed by atoms with van der Waals surface area (Å²) >= 11 is 0. The molecular weight excluding hydrogens is 260 g/mol. The van der Waals surface area contributed by atoms with Crippen LogP contribution in [0.25, 0.3) is 0 Å². The Labute approximate surface area is 129 Å². The molecule has 118 valence electrons. The van der Waals surface area contributed by atoms with Crippen molar-refractivity contribution in [2.24, 2.45) is 17.6 Å². The molecule has 2 rings (SSSR count). The van der Waals surface area contributed by atoms with Crippen LogP contribution in [0.1, 0.15) is 38.7 Å². The fraction of sp³-hybridized carbons (Fsp3) is 0.667. The van der Waals surface area contributed by atoms with E-state index in [9.17, 15) is 0 Å². The van der Waals surface area contributed by atoms with E-state index in [1.165, 1.54) is 24.8 Å². The van der Waals surface area contributed by atoms with Crippen molar-refractivity contribution in [1.82, 2.24) is 4.90 Å². The van der Waals surface area contributed by atoms with Crippen LogP contribution in [0.15, 0.2) is 24.3 Å². The summed E-state index contributed by atoms with van der Waals surface area (Å²) < 4.78 is 5.33. The Morgan fingerprint density at radius 1 is 1.38 bits per heavy atom. The largest absolute Gasteiger partial charge is 0.497 e. The lowest BCUT2D eigenvalue weighted by atomic mass is 9.69. The van der Waals surface area contributed by atoms with E-state index < -0.39 is 0 Å². The molecule has 1 saturated carbocycles. The van der Waals surface area contributed by atoms with Gasteiger partial charge in [0.05, 0.1) is 7.11 Å². The van der Waals surface area contributed by atoms with E-state index >= 15 is 0 Å². The number of ether oxygens (including phenoxy) is 1. The average molecular weight is 290 g/mol. The molecule has 0 radical (unpaired) electrons. The molecule has 0 amide bonds. The lowest BCUT2D eigenvalue weighted by Crippen LogP contribution is -2.58. The molecule has 21 heavy (non-hydrogen) atoms. The van der Waals surface area contributed by atoms with Crippen LogP contribution >= 0.6 is 0 Å². The number of hydrogen-bond acceptors (Lipinski definition) is 3. The smallest absolute Gasteiger partial charge is 0.119 e. The van der Waals surface area contributed by atoms with Crippen molar-refractivity contribution in [2.75, 3.05) is 20.7 Å². The van der Waals surface area contributed by atoms with Crippen LogP contribution in [-0.4, -0.2) is 31.1 Å². The van der Waals surface area contributed by atoms with Crippen LogP contribution in [0.3, 0.4) is 0 Å². The molecule has 3 atom stereocenters. The first kappa shape index (κ1) is 16.3. The molecule has 2 N–H and O–H groups in total. The minimum Gasteiger partial charge on any atom is -0.497 e. The lowest BCUT2D eigenvalue weighted by molar-refractivity contribution is 0.0128. The molecule has 3 heteroatoms. The predicted octanol–water partition coefficient (Wildman–Crippen LogP) is 3.28. The summed E-state index contributed by atoms with van der Waals surface area (Å²) in [6, 6.07) is 8.34. The van der Waals surface area contributed by atoms with Gasteiger partial charge in [-0.15, -0.1) is 0 Å². The first-order chi connectivity index (χ1) is 10.0. The van der Waals surface area contributed by atoms with E-state index in [0.717, 1.165) is 24.8 Å². The van der Waals surface area contributed by atoms with Crippen molar-refractivity contribution in [2.45, 2.75) is 45.2 Å². The highest BCUT2D eigenvalue weighted by Gasteiger charge is 2.42. The van der Waals surface area contributed by atoms with Crippen molar-refractivity contribution < 1.29 is 4.74 Å². The fourth-order valence-electron chi connectivity index (χ4n) is 3.91. The highest BCUT2D eigenvalue weighted by Crippen LogP contribution is 2.40. The number of benzene rings is 1. The number of hydrogen-bond donors (Lipinski definition) is 1. The van der Waals surface area contributed by atoms with Crippen LogP contribution < -0.4 is 10.5 Å². The second-order valence-corrected chi connectivity index (χ2v) is 6.80.